The van der Waals surface area contributed by atoms with Gasteiger partial charge in [0.15, 0.2) is 0 Å². The van der Waals surface area contributed by atoms with E-state index in [0.29, 0.717) is 5.69 Å². The van der Waals surface area contributed by atoms with Crippen molar-refractivity contribution in [3.05, 3.63) is 65.6 Å². The van der Waals surface area contributed by atoms with Crippen LogP contribution in [0.2, 0.25) is 0 Å². The Hall–Kier alpha value is -3.08. The number of carbonyl (C=O) groups excluding carboxylic acids is 1. The number of benzene rings is 2. The highest BCUT2D eigenvalue weighted by molar-refractivity contribution is 6.06. The summed E-state index contributed by atoms with van der Waals surface area (Å²) in [5, 5.41) is 12.8. The number of carbonyl (C=O) groups is 1. The van der Waals surface area contributed by atoms with Gasteiger partial charge in [-0.15, -0.1) is 0 Å². The first-order chi connectivity index (χ1) is 12.6. The molecule has 2 N–H and O–H groups in total. The number of nitrogens with zero attached hydrogens (tertiary/aromatic N) is 2. The fourth-order valence-electron chi connectivity index (χ4n) is 3.31. The number of imidazole rings is 1. The number of phenolic OH excluding ortho intramolecular Hbond substituents is 1. The highest BCUT2D eigenvalue weighted by Crippen LogP contribution is 2.25. The second-order valence-corrected chi connectivity index (χ2v) is 6.74. The zero-order chi connectivity index (χ0) is 18.1. The molecule has 1 aliphatic heterocycles. The van der Waals surface area contributed by atoms with Crippen molar-refractivity contribution < 1.29 is 9.90 Å². The molecular weight excluding hydrogens is 326 g/mol. The molecule has 26 heavy (non-hydrogen) atoms. The summed E-state index contributed by atoms with van der Waals surface area (Å²) in [7, 11) is 0. The smallest absolute Gasteiger partial charge is 0.259 e. The number of amides is 1. The predicted octanol–water partition coefficient (Wildman–Crippen LogP) is 4.15. The Kier molecular flexibility index (Phi) is 4.21. The Morgan fingerprint density at radius 1 is 1.15 bits per heavy atom. The minimum Gasteiger partial charge on any atom is -0.507 e. The summed E-state index contributed by atoms with van der Waals surface area (Å²) in [5.74, 6) is 0.814. The molecule has 0 bridgehead atoms. The van der Waals surface area contributed by atoms with E-state index in [9.17, 15) is 9.90 Å². The van der Waals surface area contributed by atoms with Gasteiger partial charge in [-0.05, 0) is 49.6 Å². The molecule has 0 saturated heterocycles. The highest BCUT2D eigenvalue weighted by atomic mass is 16.3. The lowest BCUT2D eigenvalue weighted by Crippen LogP contribution is -2.12. The van der Waals surface area contributed by atoms with Gasteiger partial charge in [-0.1, -0.05) is 18.2 Å². The molecule has 5 heteroatoms. The summed E-state index contributed by atoms with van der Waals surface area (Å²) >= 11 is 0. The maximum Gasteiger partial charge on any atom is 0.259 e. The van der Waals surface area contributed by atoms with E-state index in [4.69, 9.17) is 4.98 Å². The van der Waals surface area contributed by atoms with Crippen LogP contribution in [0.15, 0.2) is 48.7 Å². The van der Waals surface area contributed by atoms with Crippen molar-refractivity contribution in [3.8, 4) is 17.0 Å². The Balaban J connectivity index is 1.51. The molecule has 0 radical (unpaired) electrons. The van der Waals surface area contributed by atoms with Gasteiger partial charge in [-0.3, -0.25) is 4.79 Å². The summed E-state index contributed by atoms with van der Waals surface area (Å²) in [6.07, 6.45) is 5.55. The largest absolute Gasteiger partial charge is 0.507 e. The number of hydrogen-bond acceptors (Lipinski definition) is 3. The van der Waals surface area contributed by atoms with Crippen molar-refractivity contribution in [3.63, 3.8) is 0 Å². The predicted molar refractivity (Wildman–Crippen MR) is 101 cm³/mol. The van der Waals surface area contributed by atoms with Gasteiger partial charge < -0.3 is 15.0 Å². The Morgan fingerprint density at radius 3 is 2.69 bits per heavy atom. The Morgan fingerprint density at radius 2 is 1.96 bits per heavy atom. The molecule has 132 valence electrons. The van der Waals surface area contributed by atoms with E-state index >= 15 is 0 Å². The number of phenols is 1. The number of rotatable bonds is 3. The number of hydrogen-bond donors (Lipinski definition) is 2. The van der Waals surface area contributed by atoms with Crippen LogP contribution in [0.3, 0.4) is 0 Å². The molecule has 5 nitrogen and oxygen atoms in total. The van der Waals surface area contributed by atoms with E-state index in [-0.39, 0.29) is 17.2 Å². The van der Waals surface area contributed by atoms with Crippen molar-refractivity contribution >= 4 is 11.6 Å². The van der Waals surface area contributed by atoms with Crippen LogP contribution in [0.25, 0.3) is 11.3 Å². The topological polar surface area (TPSA) is 67.2 Å². The molecule has 1 amide bonds. The van der Waals surface area contributed by atoms with Crippen LogP contribution < -0.4 is 5.32 Å². The van der Waals surface area contributed by atoms with Crippen molar-refractivity contribution in [1.29, 1.82) is 0 Å². The quantitative estimate of drug-likeness (QED) is 0.748. The third kappa shape index (κ3) is 3.20. The summed E-state index contributed by atoms with van der Waals surface area (Å²) in [5.41, 5.74) is 3.86. The monoisotopic (exact) mass is 347 g/mol. The van der Waals surface area contributed by atoms with Gasteiger partial charge >= 0.3 is 0 Å². The highest BCUT2D eigenvalue weighted by Gasteiger charge is 2.14. The fraction of sp³-hybridized carbons (Fsp3) is 0.238. The van der Waals surface area contributed by atoms with Gasteiger partial charge in [0.1, 0.15) is 11.6 Å². The summed E-state index contributed by atoms with van der Waals surface area (Å²) < 4.78 is 2.23. The van der Waals surface area contributed by atoms with Crippen LogP contribution in [-0.4, -0.2) is 20.6 Å². The minimum atomic E-state index is -0.326. The van der Waals surface area contributed by atoms with E-state index in [2.05, 4.69) is 16.1 Å². The molecule has 3 aromatic rings. The van der Waals surface area contributed by atoms with Crippen molar-refractivity contribution in [2.75, 3.05) is 5.32 Å². The number of anilines is 1. The van der Waals surface area contributed by atoms with E-state index in [1.165, 1.54) is 12.8 Å². The molecule has 2 aromatic carbocycles. The van der Waals surface area contributed by atoms with Crippen molar-refractivity contribution in [2.24, 2.45) is 0 Å². The number of aryl methyl sites for hydroxylation is 3. The molecule has 0 saturated carbocycles. The number of aromatic nitrogens is 2. The Bertz CT molecular complexity index is 934. The molecule has 2 heterocycles. The summed E-state index contributed by atoms with van der Waals surface area (Å²) in [6.45, 7) is 2.91. The molecule has 0 unspecified atom stereocenters. The van der Waals surface area contributed by atoms with E-state index < -0.39 is 0 Å². The minimum absolute atomic E-state index is 0.0114. The number of aromatic hydroxyl groups is 1. The van der Waals surface area contributed by atoms with Gasteiger partial charge in [0.05, 0.1) is 11.3 Å². The standard InChI is InChI=1S/C21H21N3O2/c1-14-5-10-17(19(25)12-14)21(26)22-16-8-6-15(7-9-16)18-13-24-11-3-2-4-20(24)23-18/h5-10,12-13,25H,2-4,11H2,1H3,(H,22,26). The molecule has 0 atom stereocenters. The van der Waals surface area contributed by atoms with Crippen LogP contribution in [0, 0.1) is 6.92 Å². The first-order valence-electron chi connectivity index (χ1n) is 8.87. The third-order valence-corrected chi connectivity index (χ3v) is 4.74. The van der Waals surface area contributed by atoms with Crippen LogP contribution in [0.1, 0.15) is 34.6 Å². The van der Waals surface area contributed by atoms with E-state index in [1.807, 2.05) is 31.2 Å². The van der Waals surface area contributed by atoms with Crippen LogP contribution in [0.4, 0.5) is 5.69 Å². The average Bonchev–Trinajstić information content (AvgIpc) is 3.06. The zero-order valence-corrected chi connectivity index (χ0v) is 14.7. The molecule has 0 fully saturated rings. The maximum atomic E-state index is 12.3. The normalized spacial score (nSPS) is 13.3. The lowest BCUT2D eigenvalue weighted by Gasteiger charge is -2.11. The molecular formula is C21H21N3O2. The molecule has 1 aliphatic rings. The molecule has 0 aliphatic carbocycles. The van der Waals surface area contributed by atoms with Gasteiger partial charge in [-0.25, -0.2) is 4.98 Å². The van der Waals surface area contributed by atoms with Crippen molar-refractivity contribution in [1.82, 2.24) is 9.55 Å². The van der Waals surface area contributed by atoms with Gasteiger partial charge in [0, 0.05) is 30.4 Å². The molecule has 0 spiro atoms. The number of nitrogens with one attached hydrogen (secondary N) is 1. The Labute approximate surface area is 152 Å². The zero-order valence-electron chi connectivity index (χ0n) is 14.7. The summed E-state index contributed by atoms with van der Waals surface area (Å²) in [4.78, 5) is 17.1. The maximum absolute atomic E-state index is 12.3. The lowest BCUT2D eigenvalue weighted by atomic mass is 10.1. The van der Waals surface area contributed by atoms with Gasteiger partial charge in [0.2, 0.25) is 0 Å². The second kappa shape index (κ2) is 6.67. The lowest BCUT2D eigenvalue weighted by molar-refractivity contribution is 0.102. The van der Waals surface area contributed by atoms with Gasteiger partial charge in [0.25, 0.3) is 5.91 Å². The summed E-state index contributed by atoms with van der Waals surface area (Å²) in [6, 6.07) is 12.6. The van der Waals surface area contributed by atoms with Crippen LogP contribution in [0.5, 0.6) is 5.75 Å². The van der Waals surface area contributed by atoms with Crippen LogP contribution in [-0.2, 0) is 13.0 Å². The second-order valence-electron chi connectivity index (χ2n) is 6.74. The number of fused-ring (bicyclic) bond motifs is 1. The van der Waals surface area contributed by atoms with Crippen LogP contribution >= 0.6 is 0 Å². The van der Waals surface area contributed by atoms with E-state index in [1.54, 1.807) is 18.2 Å². The average molecular weight is 347 g/mol. The molecule has 4 rings (SSSR count). The van der Waals surface area contributed by atoms with Gasteiger partial charge in [-0.2, -0.15) is 0 Å². The first-order valence-corrected chi connectivity index (χ1v) is 8.87. The van der Waals surface area contributed by atoms with E-state index in [0.717, 1.165) is 35.6 Å². The fourth-order valence-corrected chi connectivity index (χ4v) is 3.31. The molecule has 1 aromatic heterocycles. The first kappa shape index (κ1) is 16.4. The third-order valence-electron chi connectivity index (χ3n) is 4.74. The SMILES string of the molecule is Cc1ccc(C(=O)Nc2ccc(-c3cn4c(n3)CCCC4)cc2)c(O)c1. The van der Waals surface area contributed by atoms with Crippen molar-refractivity contribution in [2.45, 2.75) is 32.7 Å².